The fourth-order valence-electron chi connectivity index (χ4n) is 0.928. The molecule has 6 heteroatoms. The molecule has 0 saturated heterocycles. The van der Waals surface area contributed by atoms with Gasteiger partial charge in [-0.25, -0.2) is 4.39 Å². The minimum Gasteiger partial charge on any atom is -0.382 e. The van der Waals surface area contributed by atoms with Crippen LogP contribution in [0.4, 0.5) is 10.1 Å². The van der Waals surface area contributed by atoms with E-state index in [1.165, 1.54) is 6.07 Å². The second kappa shape index (κ2) is 4.89. The molecule has 0 amide bonds. The number of nitrogens with zero attached hydrogens (tertiary/aromatic N) is 2. The van der Waals surface area contributed by atoms with Gasteiger partial charge in [0.15, 0.2) is 5.84 Å². The van der Waals surface area contributed by atoms with E-state index in [2.05, 4.69) is 10.5 Å². The summed E-state index contributed by atoms with van der Waals surface area (Å²) in [6.07, 6.45) is 0. The van der Waals surface area contributed by atoms with Crippen LogP contribution in [0.15, 0.2) is 23.3 Å². The summed E-state index contributed by atoms with van der Waals surface area (Å²) in [4.78, 5) is 0. The SMILES string of the molecule is Cc1ccc(N/N=C(\C#N)C(=N)N)cc1F. The molecule has 16 heavy (non-hydrogen) atoms. The van der Waals surface area contributed by atoms with E-state index in [4.69, 9.17) is 16.4 Å². The molecule has 0 spiro atoms. The van der Waals surface area contributed by atoms with Crippen LogP contribution in [0.1, 0.15) is 5.56 Å². The van der Waals surface area contributed by atoms with E-state index < -0.39 is 5.84 Å². The predicted molar refractivity (Wildman–Crippen MR) is 59.7 cm³/mol. The summed E-state index contributed by atoms with van der Waals surface area (Å²) in [5, 5.41) is 19.1. The van der Waals surface area contributed by atoms with E-state index in [1.807, 2.05) is 0 Å². The normalized spacial score (nSPS) is 10.7. The monoisotopic (exact) mass is 219 g/mol. The third-order valence-electron chi connectivity index (χ3n) is 1.83. The molecule has 4 N–H and O–H groups in total. The van der Waals surface area contributed by atoms with Gasteiger partial charge in [0.25, 0.3) is 0 Å². The van der Waals surface area contributed by atoms with Crippen LogP contribution in [0.25, 0.3) is 0 Å². The molecule has 0 aliphatic carbocycles. The van der Waals surface area contributed by atoms with Crippen LogP contribution in [0, 0.1) is 29.5 Å². The summed E-state index contributed by atoms with van der Waals surface area (Å²) in [7, 11) is 0. The number of halogens is 1. The lowest BCUT2D eigenvalue weighted by molar-refractivity contribution is 0.619. The molecule has 0 aromatic heterocycles. The molecule has 0 atom stereocenters. The van der Waals surface area contributed by atoms with Crippen molar-refractivity contribution in [2.45, 2.75) is 6.92 Å². The molecular weight excluding hydrogens is 209 g/mol. The lowest BCUT2D eigenvalue weighted by Crippen LogP contribution is -2.21. The van der Waals surface area contributed by atoms with Gasteiger partial charge in [-0.15, -0.1) is 0 Å². The summed E-state index contributed by atoms with van der Waals surface area (Å²) >= 11 is 0. The third kappa shape index (κ3) is 2.78. The van der Waals surface area contributed by atoms with E-state index in [9.17, 15) is 4.39 Å². The van der Waals surface area contributed by atoms with E-state index in [-0.39, 0.29) is 11.5 Å². The van der Waals surface area contributed by atoms with E-state index in [0.717, 1.165) is 0 Å². The number of hydrogen-bond donors (Lipinski definition) is 3. The number of benzene rings is 1. The summed E-state index contributed by atoms with van der Waals surface area (Å²) in [6, 6.07) is 6.07. The Kier molecular flexibility index (Phi) is 3.56. The first-order valence-corrected chi connectivity index (χ1v) is 4.39. The molecule has 0 radical (unpaired) electrons. The lowest BCUT2D eigenvalue weighted by atomic mass is 10.2. The quantitative estimate of drug-likeness (QED) is 0.406. The highest BCUT2D eigenvalue weighted by Crippen LogP contribution is 2.13. The number of amidine groups is 1. The molecule has 0 fully saturated rings. The Morgan fingerprint density at radius 3 is 2.81 bits per heavy atom. The van der Waals surface area contributed by atoms with Crippen LogP contribution in [0.3, 0.4) is 0 Å². The smallest absolute Gasteiger partial charge is 0.201 e. The third-order valence-corrected chi connectivity index (χ3v) is 1.83. The van der Waals surface area contributed by atoms with Crippen LogP contribution >= 0.6 is 0 Å². The molecule has 0 bridgehead atoms. The summed E-state index contributed by atoms with van der Waals surface area (Å²) in [5.41, 5.74) is 8.18. The molecule has 82 valence electrons. The Hall–Kier alpha value is -2.42. The molecular formula is C10H10FN5. The van der Waals surface area contributed by atoms with E-state index in [0.29, 0.717) is 11.3 Å². The number of anilines is 1. The van der Waals surface area contributed by atoms with Crippen molar-refractivity contribution in [2.75, 3.05) is 5.43 Å². The Labute approximate surface area is 91.9 Å². The number of aryl methyl sites for hydroxylation is 1. The van der Waals surface area contributed by atoms with Gasteiger partial charge in [-0.3, -0.25) is 10.8 Å². The van der Waals surface area contributed by atoms with Gasteiger partial charge in [0.2, 0.25) is 5.71 Å². The Morgan fingerprint density at radius 1 is 1.62 bits per heavy atom. The van der Waals surface area contributed by atoms with E-state index >= 15 is 0 Å². The number of nitrogens with one attached hydrogen (secondary N) is 2. The highest BCUT2D eigenvalue weighted by atomic mass is 19.1. The molecule has 0 heterocycles. The van der Waals surface area contributed by atoms with Crippen LogP contribution in [0.2, 0.25) is 0 Å². The van der Waals surface area contributed by atoms with Gasteiger partial charge >= 0.3 is 0 Å². The highest BCUT2D eigenvalue weighted by molar-refractivity contribution is 6.45. The largest absolute Gasteiger partial charge is 0.382 e. The Bertz CT molecular complexity index is 486. The van der Waals surface area contributed by atoms with E-state index in [1.54, 1.807) is 25.1 Å². The first-order valence-electron chi connectivity index (χ1n) is 4.39. The molecule has 0 saturated carbocycles. The fraction of sp³-hybridized carbons (Fsp3) is 0.100. The van der Waals surface area contributed by atoms with Gasteiger partial charge in [-0.2, -0.15) is 10.4 Å². The molecule has 0 aliphatic heterocycles. The zero-order chi connectivity index (χ0) is 12.1. The van der Waals surface area contributed by atoms with Crippen LogP contribution in [-0.4, -0.2) is 11.5 Å². The summed E-state index contributed by atoms with van der Waals surface area (Å²) in [6.45, 7) is 1.64. The predicted octanol–water partition coefficient (Wildman–Crippen LogP) is 1.36. The Balaban J connectivity index is 2.86. The average molecular weight is 219 g/mol. The van der Waals surface area contributed by atoms with Gasteiger partial charge < -0.3 is 5.73 Å². The zero-order valence-electron chi connectivity index (χ0n) is 8.58. The van der Waals surface area contributed by atoms with Crippen molar-refractivity contribution in [1.29, 1.82) is 10.7 Å². The van der Waals surface area contributed by atoms with Crippen molar-refractivity contribution in [1.82, 2.24) is 0 Å². The second-order valence-electron chi connectivity index (χ2n) is 3.06. The minimum absolute atomic E-state index is 0.249. The molecule has 1 rings (SSSR count). The van der Waals surface area contributed by atoms with Gasteiger partial charge in [-0.1, -0.05) is 6.07 Å². The van der Waals surface area contributed by atoms with Crippen molar-refractivity contribution in [3.8, 4) is 6.07 Å². The molecule has 5 nitrogen and oxygen atoms in total. The van der Waals surface area contributed by atoms with Crippen molar-refractivity contribution < 1.29 is 4.39 Å². The number of nitriles is 1. The fourth-order valence-corrected chi connectivity index (χ4v) is 0.928. The summed E-state index contributed by atoms with van der Waals surface area (Å²) in [5.74, 6) is -0.816. The minimum atomic E-state index is -0.442. The standard InChI is InChI=1S/C10H10FN5/c1-6-2-3-7(4-8(6)11)15-16-9(5-12)10(13)14/h2-4,15H,1H3,(H3,13,14)/b16-9+. The molecule has 1 aromatic carbocycles. The molecule has 0 aliphatic rings. The van der Waals surface area contributed by atoms with Gasteiger partial charge in [-0.05, 0) is 24.6 Å². The summed E-state index contributed by atoms with van der Waals surface area (Å²) < 4.78 is 13.1. The topological polar surface area (TPSA) is 98.0 Å². The Morgan fingerprint density at radius 2 is 2.31 bits per heavy atom. The van der Waals surface area contributed by atoms with Crippen LogP contribution in [0.5, 0.6) is 0 Å². The van der Waals surface area contributed by atoms with Crippen molar-refractivity contribution in [2.24, 2.45) is 10.8 Å². The zero-order valence-corrected chi connectivity index (χ0v) is 8.58. The first kappa shape index (κ1) is 11.7. The maximum absolute atomic E-state index is 13.1. The van der Waals surface area contributed by atoms with Crippen molar-refractivity contribution in [3.63, 3.8) is 0 Å². The van der Waals surface area contributed by atoms with Gasteiger partial charge in [0.05, 0.1) is 5.69 Å². The van der Waals surface area contributed by atoms with Gasteiger partial charge in [0, 0.05) is 0 Å². The number of hydrazone groups is 1. The molecule has 0 unspecified atom stereocenters. The molecule has 1 aromatic rings. The first-order chi connectivity index (χ1) is 7.54. The number of nitrogens with two attached hydrogens (primary N) is 1. The average Bonchev–Trinajstić information content (AvgIpc) is 2.23. The van der Waals surface area contributed by atoms with Gasteiger partial charge in [0.1, 0.15) is 11.9 Å². The number of hydrogen-bond acceptors (Lipinski definition) is 4. The van der Waals surface area contributed by atoms with Crippen molar-refractivity contribution >= 4 is 17.2 Å². The van der Waals surface area contributed by atoms with Crippen LogP contribution in [-0.2, 0) is 0 Å². The maximum Gasteiger partial charge on any atom is 0.201 e. The van der Waals surface area contributed by atoms with Crippen molar-refractivity contribution in [3.05, 3.63) is 29.6 Å². The second-order valence-corrected chi connectivity index (χ2v) is 3.06. The maximum atomic E-state index is 13.1. The highest BCUT2D eigenvalue weighted by Gasteiger charge is 2.02. The lowest BCUT2D eigenvalue weighted by Gasteiger charge is -2.02. The number of rotatable bonds is 3. The van der Waals surface area contributed by atoms with Crippen LogP contribution < -0.4 is 11.2 Å².